The van der Waals surface area contributed by atoms with Gasteiger partial charge in [-0.1, -0.05) is 19.9 Å². The van der Waals surface area contributed by atoms with Gasteiger partial charge in [0.2, 0.25) is 5.69 Å². The van der Waals surface area contributed by atoms with Crippen LogP contribution in [0.2, 0.25) is 0 Å². The number of nitrogens with zero attached hydrogens (tertiary/aromatic N) is 2. The Hall–Kier alpha value is -4.62. The van der Waals surface area contributed by atoms with E-state index in [2.05, 4.69) is 94.0 Å². The Labute approximate surface area is 226 Å². The number of pyridine rings is 1. The molecule has 0 aliphatic heterocycles. The summed E-state index contributed by atoms with van der Waals surface area (Å²) < 4.78 is 15.2. The first kappa shape index (κ1) is 23.5. The minimum atomic E-state index is 0.594. The van der Waals surface area contributed by atoms with Crippen LogP contribution in [0.15, 0.2) is 75.7 Å². The van der Waals surface area contributed by atoms with Gasteiger partial charge >= 0.3 is 0 Å². The van der Waals surface area contributed by atoms with Gasteiger partial charge in [0, 0.05) is 33.0 Å². The minimum absolute atomic E-state index is 0.594. The Kier molecular flexibility index (Phi) is 5.09. The largest absolute Gasteiger partial charge is 0.455 e. The van der Waals surface area contributed by atoms with Gasteiger partial charge in [-0.2, -0.15) is 5.26 Å². The molecule has 0 saturated heterocycles. The average molecular weight is 510 g/mol. The van der Waals surface area contributed by atoms with Gasteiger partial charge in [-0.15, -0.1) is 0 Å². The number of benzene rings is 4. The fourth-order valence-corrected chi connectivity index (χ4v) is 6.13. The van der Waals surface area contributed by atoms with Crippen molar-refractivity contribution in [1.29, 1.82) is 5.26 Å². The Morgan fingerprint density at radius 3 is 2.31 bits per heavy atom. The van der Waals surface area contributed by atoms with Crippen molar-refractivity contribution in [2.45, 2.75) is 34.1 Å². The zero-order chi connectivity index (χ0) is 27.0. The van der Waals surface area contributed by atoms with Crippen LogP contribution in [0.1, 0.15) is 36.1 Å². The van der Waals surface area contributed by atoms with Crippen LogP contribution in [0.5, 0.6) is 0 Å². The molecule has 4 aromatic carbocycles. The third kappa shape index (κ3) is 3.47. The zero-order valence-corrected chi connectivity index (χ0v) is 22.8. The fourth-order valence-electron chi connectivity index (χ4n) is 6.13. The van der Waals surface area contributed by atoms with Gasteiger partial charge in [0.25, 0.3) is 0 Å². The van der Waals surface area contributed by atoms with Crippen molar-refractivity contribution < 1.29 is 13.4 Å². The van der Waals surface area contributed by atoms with Crippen LogP contribution in [0, 0.1) is 31.1 Å². The molecule has 0 unspecified atom stereocenters. The molecule has 4 heteroatoms. The van der Waals surface area contributed by atoms with Crippen molar-refractivity contribution in [3.05, 3.63) is 89.1 Å². The van der Waals surface area contributed by atoms with Crippen molar-refractivity contribution >= 4 is 54.6 Å². The van der Waals surface area contributed by atoms with Gasteiger partial charge < -0.3 is 8.83 Å². The molecule has 0 N–H and O–H groups in total. The van der Waals surface area contributed by atoms with E-state index in [0.29, 0.717) is 11.5 Å². The third-order valence-corrected chi connectivity index (χ3v) is 8.11. The lowest BCUT2D eigenvalue weighted by molar-refractivity contribution is -0.659. The van der Waals surface area contributed by atoms with E-state index < -0.39 is 0 Å². The monoisotopic (exact) mass is 509 g/mol. The summed E-state index contributed by atoms with van der Waals surface area (Å²) in [5.41, 5.74) is 9.86. The number of hydrogen-bond acceptors (Lipinski definition) is 3. The van der Waals surface area contributed by atoms with E-state index in [1.807, 2.05) is 18.2 Å². The van der Waals surface area contributed by atoms with Gasteiger partial charge in [-0.3, -0.25) is 0 Å². The van der Waals surface area contributed by atoms with Crippen LogP contribution >= 0.6 is 0 Å². The Morgan fingerprint density at radius 1 is 0.769 bits per heavy atom. The first-order valence-electron chi connectivity index (χ1n) is 13.5. The standard InChI is InChI=1S/C35H29N2O2/c1-19(2)14-22-7-11-30-28(16-22)26-10-9-25-27(34(26)38-30)12-13-37(5)33(25)32-21(4)20(3)15-29-24-8-6-23(18-36)17-31(24)39-35(29)32/h6-13,15-17,19H,14H2,1-5H3/q+1. The van der Waals surface area contributed by atoms with Crippen LogP contribution in [0.25, 0.3) is 65.9 Å². The van der Waals surface area contributed by atoms with Crippen molar-refractivity contribution in [1.82, 2.24) is 0 Å². The third-order valence-electron chi connectivity index (χ3n) is 8.11. The second-order valence-electron chi connectivity index (χ2n) is 11.2. The molecule has 0 aliphatic carbocycles. The summed E-state index contributed by atoms with van der Waals surface area (Å²) in [6, 6.07) is 23.3. The molecule has 7 rings (SSSR count). The number of aryl methyl sites for hydroxylation is 2. The van der Waals surface area contributed by atoms with E-state index in [4.69, 9.17) is 8.83 Å². The van der Waals surface area contributed by atoms with E-state index >= 15 is 0 Å². The van der Waals surface area contributed by atoms with Gasteiger partial charge in [0.15, 0.2) is 6.20 Å². The van der Waals surface area contributed by atoms with E-state index in [9.17, 15) is 5.26 Å². The summed E-state index contributed by atoms with van der Waals surface area (Å²) in [6.45, 7) is 8.81. The molecule has 0 bridgehead atoms. The average Bonchev–Trinajstić information content (AvgIpc) is 3.47. The summed E-state index contributed by atoms with van der Waals surface area (Å²) in [6.07, 6.45) is 3.16. The van der Waals surface area contributed by atoms with Crippen molar-refractivity contribution in [3.8, 4) is 17.3 Å². The van der Waals surface area contributed by atoms with Crippen LogP contribution in [-0.4, -0.2) is 0 Å². The quantitative estimate of drug-likeness (QED) is 0.224. The molecule has 0 atom stereocenters. The Bertz CT molecular complexity index is 2170. The lowest BCUT2D eigenvalue weighted by Gasteiger charge is -2.11. The molecular weight excluding hydrogens is 480 g/mol. The molecule has 0 radical (unpaired) electrons. The molecule has 3 heterocycles. The summed E-state index contributed by atoms with van der Waals surface area (Å²) >= 11 is 0. The fraction of sp³-hybridized carbons (Fsp3) is 0.200. The summed E-state index contributed by atoms with van der Waals surface area (Å²) in [5, 5.41) is 16.0. The molecule has 0 spiro atoms. The molecule has 7 aromatic rings. The number of hydrogen-bond donors (Lipinski definition) is 0. The first-order chi connectivity index (χ1) is 18.8. The smallest absolute Gasteiger partial charge is 0.224 e. The second kappa shape index (κ2) is 8.44. The highest BCUT2D eigenvalue weighted by Crippen LogP contribution is 2.42. The lowest BCUT2D eigenvalue weighted by atomic mass is 9.93. The Morgan fingerprint density at radius 2 is 1.51 bits per heavy atom. The first-order valence-corrected chi connectivity index (χ1v) is 13.5. The van der Waals surface area contributed by atoms with E-state index in [1.54, 1.807) is 0 Å². The summed E-state index contributed by atoms with van der Waals surface area (Å²) in [4.78, 5) is 0. The van der Waals surface area contributed by atoms with E-state index in [0.717, 1.165) is 66.9 Å². The summed E-state index contributed by atoms with van der Waals surface area (Å²) in [5.74, 6) is 0.600. The molecule has 0 aliphatic rings. The highest BCUT2D eigenvalue weighted by molar-refractivity contribution is 6.18. The molecule has 190 valence electrons. The van der Waals surface area contributed by atoms with E-state index in [1.165, 1.54) is 22.1 Å². The molecule has 0 amide bonds. The Balaban J connectivity index is 1.56. The zero-order valence-electron chi connectivity index (χ0n) is 22.8. The molecule has 0 fully saturated rings. The maximum absolute atomic E-state index is 9.44. The van der Waals surface area contributed by atoms with Crippen LogP contribution in [0.3, 0.4) is 0 Å². The van der Waals surface area contributed by atoms with E-state index in [-0.39, 0.29) is 0 Å². The molecule has 4 nitrogen and oxygen atoms in total. The van der Waals surface area contributed by atoms with Gasteiger partial charge in [0.05, 0.1) is 22.6 Å². The van der Waals surface area contributed by atoms with Crippen LogP contribution < -0.4 is 4.57 Å². The van der Waals surface area contributed by atoms with Crippen molar-refractivity contribution in [3.63, 3.8) is 0 Å². The van der Waals surface area contributed by atoms with Gasteiger partial charge in [-0.05, 0) is 91.4 Å². The number of rotatable bonds is 3. The number of furan rings is 2. The molecule has 3 aromatic heterocycles. The molecule has 0 saturated carbocycles. The minimum Gasteiger partial charge on any atom is -0.455 e. The normalized spacial score (nSPS) is 12.0. The van der Waals surface area contributed by atoms with Gasteiger partial charge in [-0.25, -0.2) is 4.57 Å². The lowest BCUT2D eigenvalue weighted by Crippen LogP contribution is -2.30. The number of nitriles is 1. The second-order valence-corrected chi connectivity index (χ2v) is 11.2. The predicted octanol–water partition coefficient (Wildman–Crippen LogP) is 8.82. The number of fused-ring (bicyclic) bond motifs is 8. The predicted molar refractivity (Wildman–Crippen MR) is 158 cm³/mol. The highest BCUT2D eigenvalue weighted by Gasteiger charge is 2.26. The summed E-state index contributed by atoms with van der Waals surface area (Å²) in [7, 11) is 2.08. The van der Waals surface area contributed by atoms with Crippen LogP contribution in [-0.2, 0) is 13.5 Å². The molecular formula is C35H29N2O2+. The highest BCUT2D eigenvalue weighted by atomic mass is 16.3. The molecule has 39 heavy (non-hydrogen) atoms. The topological polar surface area (TPSA) is 54.0 Å². The SMILES string of the molecule is Cc1cc2c(oc3cc(C#N)ccc32)c(-c2c3ccc4c5cc(CC(C)C)ccc5oc4c3cc[n+]2C)c1C. The number of aromatic nitrogens is 1. The maximum atomic E-state index is 9.44. The van der Waals surface area contributed by atoms with Crippen molar-refractivity contribution in [2.75, 3.05) is 0 Å². The van der Waals surface area contributed by atoms with Crippen molar-refractivity contribution in [2.24, 2.45) is 13.0 Å². The maximum Gasteiger partial charge on any atom is 0.224 e. The van der Waals surface area contributed by atoms with Gasteiger partial charge in [0.1, 0.15) is 29.4 Å². The van der Waals surface area contributed by atoms with Crippen LogP contribution in [0.4, 0.5) is 0 Å².